The number of rotatable bonds is 3. The van der Waals surface area contributed by atoms with Crippen LogP contribution in [0.2, 0.25) is 0 Å². The van der Waals surface area contributed by atoms with Gasteiger partial charge in [-0.15, -0.1) is 0 Å². The first-order valence-electron chi connectivity index (χ1n) is 6.75. The summed E-state index contributed by atoms with van der Waals surface area (Å²) in [6, 6.07) is 4.94. The summed E-state index contributed by atoms with van der Waals surface area (Å²) >= 11 is 4.86. The molecule has 2 rings (SSSR count). The fraction of sp³-hybridized carbons (Fsp3) is 0.533. The first kappa shape index (κ1) is 15.4. The lowest BCUT2D eigenvalue weighted by Gasteiger charge is -2.41. The average Bonchev–Trinajstić information content (AvgIpc) is 2.28. The molecule has 0 aliphatic carbocycles. The number of benzene rings is 1. The van der Waals surface area contributed by atoms with Crippen molar-refractivity contribution < 1.29 is 9.13 Å². The quantitative estimate of drug-likeness (QED) is 0.870. The molecule has 1 fully saturated rings. The van der Waals surface area contributed by atoms with Gasteiger partial charge in [0.1, 0.15) is 10.8 Å². The number of thiocarbonyl (C=S) groups is 1. The van der Waals surface area contributed by atoms with Crippen LogP contribution >= 0.6 is 12.2 Å². The monoisotopic (exact) mass is 296 g/mol. The van der Waals surface area contributed by atoms with Gasteiger partial charge in [0.25, 0.3) is 0 Å². The summed E-state index contributed by atoms with van der Waals surface area (Å²) in [7, 11) is 0. The normalized spacial score (nSPS) is 22.7. The van der Waals surface area contributed by atoms with Crippen LogP contribution in [-0.2, 0) is 11.3 Å². The smallest absolute Gasteiger partial charge is 0.128 e. The summed E-state index contributed by atoms with van der Waals surface area (Å²) in [5.74, 6) is -0.257. The second kappa shape index (κ2) is 5.76. The van der Waals surface area contributed by atoms with Gasteiger partial charge < -0.3 is 10.5 Å². The number of ether oxygens (including phenoxy) is 1. The molecule has 1 atom stereocenters. The standard InChI is InChI=1S/C15H21FN2OS/c1-10-7-18(9-15(2,3)19-10)8-12-5-4-11(14(17)20)6-13(12)16/h4-6,10H,7-9H2,1-3H3,(H2,17,20). The topological polar surface area (TPSA) is 38.5 Å². The summed E-state index contributed by atoms with van der Waals surface area (Å²) in [5.41, 5.74) is 6.54. The van der Waals surface area contributed by atoms with Gasteiger partial charge in [-0.1, -0.05) is 24.4 Å². The third-order valence-electron chi connectivity index (χ3n) is 3.37. The molecule has 0 saturated carbocycles. The highest BCUT2D eigenvalue weighted by molar-refractivity contribution is 7.80. The molecular weight excluding hydrogens is 275 g/mol. The minimum Gasteiger partial charge on any atom is -0.389 e. The van der Waals surface area contributed by atoms with Gasteiger partial charge in [0.2, 0.25) is 0 Å². The lowest BCUT2D eigenvalue weighted by Crippen LogP contribution is -2.51. The van der Waals surface area contributed by atoms with Crippen molar-refractivity contribution in [1.82, 2.24) is 4.90 Å². The molecule has 3 nitrogen and oxygen atoms in total. The predicted molar refractivity (Wildman–Crippen MR) is 82.2 cm³/mol. The van der Waals surface area contributed by atoms with E-state index < -0.39 is 0 Å². The number of hydrogen-bond donors (Lipinski definition) is 1. The summed E-state index contributed by atoms with van der Waals surface area (Å²) in [6.45, 7) is 8.32. The fourth-order valence-electron chi connectivity index (χ4n) is 2.78. The molecule has 1 aliphatic heterocycles. The molecule has 0 bridgehead atoms. The Kier molecular flexibility index (Phi) is 4.42. The Balaban J connectivity index is 2.12. The Labute approximate surface area is 124 Å². The van der Waals surface area contributed by atoms with Crippen molar-refractivity contribution in [1.29, 1.82) is 0 Å². The van der Waals surface area contributed by atoms with Crippen LogP contribution in [0, 0.1) is 5.82 Å². The number of nitrogens with zero attached hydrogens (tertiary/aromatic N) is 1. The van der Waals surface area contributed by atoms with Crippen molar-refractivity contribution >= 4 is 17.2 Å². The van der Waals surface area contributed by atoms with Gasteiger partial charge in [-0.3, -0.25) is 4.90 Å². The zero-order valence-corrected chi connectivity index (χ0v) is 13.0. The maximum Gasteiger partial charge on any atom is 0.128 e. The van der Waals surface area contributed by atoms with E-state index in [0.29, 0.717) is 17.7 Å². The van der Waals surface area contributed by atoms with Gasteiger partial charge >= 0.3 is 0 Å². The summed E-state index contributed by atoms with van der Waals surface area (Å²) in [6.07, 6.45) is 0.151. The highest BCUT2D eigenvalue weighted by atomic mass is 32.1. The second-order valence-corrected chi connectivity index (χ2v) is 6.47. The van der Waals surface area contributed by atoms with Crippen molar-refractivity contribution in [2.45, 2.75) is 39.0 Å². The van der Waals surface area contributed by atoms with Crippen LogP contribution < -0.4 is 5.73 Å². The lowest BCUT2D eigenvalue weighted by molar-refractivity contribution is -0.130. The van der Waals surface area contributed by atoms with Crippen LogP contribution in [0.5, 0.6) is 0 Å². The fourth-order valence-corrected chi connectivity index (χ4v) is 2.90. The van der Waals surface area contributed by atoms with Crippen molar-refractivity contribution in [3.05, 3.63) is 35.1 Å². The minimum absolute atomic E-state index is 0.151. The number of halogens is 1. The van der Waals surface area contributed by atoms with Crippen molar-refractivity contribution in [2.75, 3.05) is 13.1 Å². The Hall–Kier alpha value is -1.04. The highest BCUT2D eigenvalue weighted by Gasteiger charge is 2.31. The SMILES string of the molecule is CC1CN(Cc2ccc(C(N)=S)cc2F)CC(C)(C)O1. The van der Waals surface area contributed by atoms with E-state index in [4.69, 9.17) is 22.7 Å². The van der Waals surface area contributed by atoms with E-state index >= 15 is 0 Å². The van der Waals surface area contributed by atoms with E-state index in [1.165, 1.54) is 6.07 Å². The largest absolute Gasteiger partial charge is 0.389 e. The van der Waals surface area contributed by atoms with Crippen molar-refractivity contribution in [3.8, 4) is 0 Å². The Morgan fingerprint density at radius 2 is 2.25 bits per heavy atom. The van der Waals surface area contributed by atoms with E-state index in [-0.39, 0.29) is 22.5 Å². The van der Waals surface area contributed by atoms with E-state index in [0.717, 1.165) is 13.1 Å². The molecule has 1 aromatic carbocycles. The average molecular weight is 296 g/mol. The second-order valence-electron chi connectivity index (χ2n) is 6.03. The molecule has 1 aliphatic rings. The number of morpholine rings is 1. The van der Waals surface area contributed by atoms with Gasteiger partial charge in [0.05, 0.1) is 11.7 Å². The molecule has 5 heteroatoms. The summed E-state index contributed by atoms with van der Waals surface area (Å²) < 4.78 is 19.9. The molecule has 0 spiro atoms. The van der Waals surface area contributed by atoms with Gasteiger partial charge in [-0.25, -0.2) is 4.39 Å². The molecular formula is C15H21FN2OS. The number of nitrogens with two attached hydrogens (primary N) is 1. The maximum absolute atomic E-state index is 14.1. The molecule has 0 amide bonds. The summed E-state index contributed by atoms with van der Waals surface area (Å²) in [4.78, 5) is 2.43. The molecule has 1 heterocycles. The van der Waals surface area contributed by atoms with Crippen molar-refractivity contribution in [2.24, 2.45) is 5.73 Å². The molecule has 1 aromatic rings. The zero-order valence-electron chi connectivity index (χ0n) is 12.1. The zero-order chi connectivity index (χ0) is 14.9. The van der Waals surface area contributed by atoms with Gasteiger partial charge in [0, 0.05) is 30.8 Å². The van der Waals surface area contributed by atoms with Crippen LogP contribution in [0.25, 0.3) is 0 Å². The number of hydrogen-bond acceptors (Lipinski definition) is 3. The molecule has 1 saturated heterocycles. The minimum atomic E-state index is -0.257. The summed E-state index contributed by atoms with van der Waals surface area (Å²) in [5, 5.41) is 0. The third kappa shape index (κ3) is 3.75. The van der Waals surface area contributed by atoms with Gasteiger partial charge in [-0.05, 0) is 26.8 Å². The Morgan fingerprint density at radius 1 is 1.55 bits per heavy atom. The Bertz CT molecular complexity index is 519. The predicted octanol–water partition coefficient (Wildman–Crippen LogP) is 2.46. The van der Waals surface area contributed by atoms with Crippen LogP contribution in [-0.4, -0.2) is 34.7 Å². The molecule has 1 unspecified atom stereocenters. The van der Waals surface area contributed by atoms with E-state index in [9.17, 15) is 4.39 Å². The third-order valence-corrected chi connectivity index (χ3v) is 3.61. The molecule has 20 heavy (non-hydrogen) atoms. The molecule has 0 radical (unpaired) electrons. The van der Waals surface area contributed by atoms with Crippen molar-refractivity contribution in [3.63, 3.8) is 0 Å². The Morgan fingerprint density at radius 3 is 2.80 bits per heavy atom. The first-order chi connectivity index (χ1) is 9.27. The highest BCUT2D eigenvalue weighted by Crippen LogP contribution is 2.23. The van der Waals surface area contributed by atoms with Gasteiger partial charge in [0.15, 0.2) is 0 Å². The van der Waals surface area contributed by atoms with Crippen LogP contribution in [0.3, 0.4) is 0 Å². The van der Waals surface area contributed by atoms with E-state index in [1.54, 1.807) is 12.1 Å². The lowest BCUT2D eigenvalue weighted by atomic mass is 10.0. The van der Waals surface area contributed by atoms with E-state index in [2.05, 4.69) is 18.7 Å². The van der Waals surface area contributed by atoms with E-state index in [1.807, 2.05) is 6.92 Å². The molecule has 110 valence electrons. The van der Waals surface area contributed by atoms with Crippen LogP contribution in [0.15, 0.2) is 18.2 Å². The molecule has 0 aromatic heterocycles. The van der Waals surface area contributed by atoms with Gasteiger partial charge in [-0.2, -0.15) is 0 Å². The first-order valence-corrected chi connectivity index (χ1v) is 7.16. The molecule has 2 N–H and O–H groups in total. The van der Waals surface area contributed by atoms with Crippen LogP contribution in [0.4, 0.5) is 4.39 Å². The van der Waals surface area contributed by atoms with Crippen LogP contribution in [0.1, 0.15) is 31.9 Å². The maximum atomic E-state index is 14.1.